The predicted molar refractivity (Wildman–Crippen MR) is 75.2 cm³/mol. The highest BCUT2D eigenvalue weighted by Gasteiger charge is 2.33. The molecule has 0 aromatic heterocycles. The highest BCUT2D eigenvalue weighted by atomic mass is 16.6. The van der Waals surface area contributed by atoms with Crippen molar-refractivity contribution in [1.29, 1.82) is 0 Å². The molecule has 0 radical (unpaired) electrons. The lowest BCUT2D eigenvalue weighted by Gasteiger charge is -2.45. The minimum absolute atomic E-state index is 0.301. The summed E-state index contributed by atoms with van der Waals surface area (Å²) >= 11 is 0. The van der Waals surface area contributed by atoms with Crippen LogP contribution in [-0.4, -0.2) is 55.4 Å². The fourth-order valence-corrected chi connectivity index (χ4v) is 2.72. The van der Waals surface area contributed by atoms with E-state index < -0.39 is 5.60 Å². The summed E-state index contributed by atoms with van der Waals surface area (Å²) in [5.74, 6) is 0.578. The zero-order valence-electron chi connectivity index (χ0n) is 12.4. The number of piperidine rings is 1. The van der Waals surface area contributed by atoms with Crippen LogP contribution < -0.4 is 10.6 Å². The van der Waals surface area contributed by atoms with E-state index in [1.165, 1.54) is 12.8 Å². The summed E-state index contributed by atoms with van der Waals surface area (Å²) in [5.41, 5.74) is -0.413. The van der Waals surface area contributed by atoms with Gasteiger partial charge in [-0.2, -0.15) is 0 Å². The van der Waals surface area contributed by atoms with Crippen LogP contribution in [0.5, 0.6) is 0 Å². The van der Waals surface area contributed by atoms with Crippen LogP contribution in [-0.2, 0) is 4.74 Å². The summed E-state index contributed by atoms with van der Waals surface area (Å²) < 4.78 is 5.23. The first-order valence-electron chi connectivity index (χ1n) is 7.35. The number of hydrogen-bond acceptors (Lipinski definition) is 4. The van der Waals surface area contributed by atoms with Gasteiger partial charge in [0.25, 0.3) is 0 Å². The Hall–Kier alpha value is -0.810. The normalized spacial score (nSPS) is 25.7. The molecule has 0 bridgehead atoms. The molecule has 2 aliphatic rings. The van der Waals surface area contributed by atoms with Gasteiger partial charge >= 0.3 is 6.09 Å². The summed E-state index contributed by atoms with van der Waals surface area (Å²) in [4.78, 5) is 14.1. The summed E-state index contributed by atoms with van der Waals surface area (Å²) in [5, 5.41) is 6.30. The fourth-order valence-electron chi connectivity index (χ4n) is 2.72. The number of amides is 1. The zero-order chi connectivity index (χ0) is 13.9. The quantitative estimate of drug-likeness (QED) is 0.808. The topological polar surface area (TPSA) is 53.6 Å². The number of rotatable bonds is 3. The molecule has 2 aliphatic heterocycles. The molecule has 0 aromatic carbocycles. The molecule has 0 saturated carbocycles. The van der Waals surface area contributed by atoms with E-state index in [1.54, 1.807) is 0 Å². The third-order valence-corrected chi connectivity index (χ3v) is 3.71. The van der Waals surface area contributed by atoms with Crippen molar-refractivity contribution >= 4 is 6.09 Å². The molecule has 2 rings (SSSR count). The maximum Gasteiger partial charge on any atom is 0.407 e. The van der Waals surface area contributed by atoms with Gasteiger partial charge in [0.05, 0.1) is 0 Å². The Bertz CT molecular complexity index is 302. The number of hydrogen-bond donors (Lipinski definition) is 2. The van der Waals surface area contributed by atoms with Crippen molar-refractivity contribution in [3.8, 4) is 0 Å². The fraction of sp³-hybridized carbons (Fsp3) is 0.929. The molecule has 2 N–H and O–H groups in total. The summed E-state index contributed by atoms with van der Waals surface area (Å²) in [6.07, 6.45) is 2.28. The lowest BCUT2D eigenvalue weighted by Crippen LogP contribution is -2.58. The van der Waals surface area contributed by atoms with Crippen molar-refractivity contribution in [3.63, 3.8) is 0 Å². The predicted octanol–water partition coefficient (Wildman–Crippen LogP) is 1.19. The van der Waals surface area contributed by atoms with Gasteiger partial charge in [0.15, 0.2) is 0 Å². The van der Waals surface area contributed by atoms with Crippen molar-refractivity contribution in [2.24, 2.45) is 5.92 Å². The number of nitrogens with one attached hydrogen (secondary N) is 2. The molecule has 2 saturated heterocycles. The number of carbonyl (C=O) groups is 1. The molecule has 2 fully saturated rings. The van der Waals surface area contributed by atoms with Gasteiger partial charge < -0.3 is 15.4 Å². The van der Waals surface area contributed by atoms with E-state index in [0.29, 0.717) is 12.0 Å². The molecule has 5 nitrogen and oxygen atoms in total. The second kappa shape index (κ2) is 6.09. The molecule has 2 heterocycles. The molecule has 5 heteroatoms. The Labute approximate surface area is 116 Å². The van der Waals surface area contributed by atoms with Crippen LogP contribution in [0, 0.1) is 5.92 Å². The first-order chi connectivity index (χ1) is 8.94. The average Bonchev–Trinajstić information content (AvgIpc) is 2.26. The van der Waals surface area contributed by atoms with Crippen molar-refractivity contribution in [2.75, 3.05) is 32.7 Å². The van der Waals surface area contributed by atoms with Crippen LogP contribution in [0.2, 0.25) is 0 Å². The molecule has 0 aliphatic carbocycles. The van der Waals surface area contributed by atoms with E-state index in [-0.39, 0.29) is 6.09 Å². The van der Waals surface area contributed by atoms with Gasteiger partial charge in [0.2, 0.25) is 0 Å². The largest absolute Gasteiger partial charge is 0.444 e. The summed E-state index contributed by atoms with van der Waals surface area (Å²) in [6.45, 7) is 10.9. The van der Waals surface area contributed by atoms with Gasteiger partial charge in [0.1, 0.15) is 5.60 Å². The Morgan fingerprint density at radius 1 is 1.42 bits per heavy atom. The second-order valence-corrected chi connectivity index (χ2v) is 6.70. The maximum absolute atomic E-state index is 11.5. The van der Waals surface area contributed by atoms with E-state index in [0.717, 1.165) is 32.7 Å². The standard InChI is InChI=1S/C14H27N3O2/c1-14(2,3)19-13(18)16-7-11-9-17(10-11)12-5-4-6-15-8-12/h11-12,15H,4-10H2,1-3H3,(H,16,18)/t12-/m1/s1. The third kappa shape index (κ3) is 4.66. The molecule has 110 valence electrons. The molecule has 0 aromatic rings. The van der Waals surface area contributed by atoms with Crippen molar-refractivity contribution < 1.29 is 9.53 Å². The minimum atomic E-state index is -0.413. The monoisotopic (exact) mass is 269 g/mol. The zero-order valence-corrected chi connectivity index (χ0v) is 12.4. The smallest absolute Gasteiger partial charge is 0.407 e. The minimum Gasteiger partial charge on any atom is -0.444 e. The lowest BCUT2D eigenvalue weighted by atomic mass is 9.94. The van der Waals surface area contributed by atoms with Crippen LogP contribution >= 0.6 is 0 Å². The van der Waals surface area contributed by atoms with Crippen LogP contribution in [0.4, 0.5) is 4.79 Å². The van der Waals surface area contributed by atoms with Gasteiger partial charge in [-0.25, -0.2) is 4.79 Å². The number of ether oxygens (including phenoxy) is 1. The molecular formula is C14H27N3O2. The summed E-state index contributed by atoms with van der Waals surface area (Å²) in [7, 11) is 0. The molecular weight excluding hydrogens is 242 g/mol. The van der Waals surface area contributed by atoms with Gasteiger partial charge in [-0.15, -0.1) is 0 Å². The van der Waals surface area contributed by atoms with Gasteiger partial charge in [-0.1, -0.05) is 0 Å². The van der Waals surface area contributed by atoms with E-state index in [2.05, 4.69) is 15.5 Å². The SMILES string of the molecule is CC(C)(C)OC(=O)NCC1CN([C@@H]2CCCNC2)C1. The molecule has 1 atom stereocenters. The number of alkyl carbamates (subject to hydrolysis) is 1. The van der Waals surface area contributed by atoms with Crippen molar-refractivity contribution in [2.45, 2.75) is 45.3 Å². The van der Waals surface area contributed by atoms with Gasteiger partial charge in [-0.05, 0) is 40.2 Å². The van der Waals surface area contributed by atoms with Gasteiger partial charge in [0, 0.05) is 38.1 Å². The Morgan fingerprint density at radius 3 is 2.74 bits per heavy atom. The van der Waals surface area contributed by atoms with E-state index in [4.69, 9.17) is 4.74 Å². The number of likely N-dealkylation sites (tertiary alicyclic amines) is 1. The van der Waals surface area contributed by atoms with Crippen LogP contribution in [0.25, 0.3) is 0 Å². The van der Waals surface area contributed by atoms with Crippen molar-refractivity contribution in [3.05, 3.63) is 0 Å². The van der Waals surface area contributed by atoms with Crippen molar-refractivity contribution in [1.82, 2.24) is 15.5 Å². The Balaban J connectivity index is 1.58. The highest BCUT2D eigenvalue weighted by molar-refractivity contribution is 5.67. The second-order valence-electron chi connectivity index (χ2n) is 6.70. The highest BCUT2D eigenvalue weighted by Crippen LogP contribution is 2.21. The maximum atomic E-state index is 11.5. The first-order valence-corrected chi connectivity index (χ1v) is 7.35. The van der Waals surface area contributed by atoms with Crippen LogP contribution in [0.3, 0.4) is 0 Å². The molecule has 0 spiro atoms. The van der Waals surface area contributed by atoms with E-state index in [1.807, 2.05) is 20.8 Å². The van der Waals surface area contributed by atoms with E-state index >= 15 is 0 Å². The van der Waals surface area contributed by atoms with Crippen LogP contribution in [0.1, 0.15) is 33.6 Å². The molecule has 19 heavy (non-hydrogen) atoms. The number of nitrogens with zero attached hydrogens (tertiary/aromatic N) is 1. The van der Waals surface area contributed by atoms with Gasteiger partial charge in [-0.3, -0.25) is 4.90 Å². The van der Waals surface area contributed by atoms with Crippen LogP contribution in [0.15, 0.2) is 0 Å². The Morgan fingerprint density at radius 2 is 2.16 bits per heavy atom. The molecule has 0 unspecified atom stereocenters. The van der Waals surface area contributed by atoms with E-state index in [9.17, 15) is 4.79 Å². The Kier molecular flexibility index (Phi) is 4.68. The molecule has 1 amide bonds. The number of carbonyl (C=O) groups excluding carboxylic acids is 1. The third-order valence-electron chi connectivity index (χ3n) is 3.71. The summed E-state index contributed by atoms with van der Waals surface area (Å²) in [6, 6.07) is 0.700. The first kappa shape index (κ1) is 14.6. The average molecular weight is 269 g/mol. The lowest BCUT2D eigenvalue weighted by molar-refractivity contribution is 0.0309.